The van der Waals surface area contributed by atoms with Crippen molar-refractivity contribution in [2.24, 2.45) is 0 Å². The van der Waals surface area contributed by atoms with Crippen LogP contribution in [0.5, 0.6) is 0 Å². The molecule has 0 saturated carbocycles. The number of ether oxygens (including phenoxy) is 1. The molecule has 0 unspecified atom stereocenters. The summed E-state index contributed by atoms with van der Waals surface area (Å²) in [6.07, 6.45) is 0.234. The average molecular weight is 252 g/mol. The van der Waals surface area contributed by atoms with Crippen LogP contribution in [0.15, 0.2) is 18.2 Å². The van der Waals surface area contributed by atoms with Gasteiger partial charge < -0.3 is 14.9 Å². The molecule has 0 fully saturated rings. The lowest BCUT2D eigenvalue weighted by Gasteiger charge is -2.09. The molecule has 1 aromatic carbocycles. The van der Waals surface area contributed by atoms with Gasteiger partial charge in [-0.15, -0.1) is 0 Å². The zero-order chi connectivity index (χ0) is 13.5. The third-order valence-electron chi connectivity index (χ3n) is 2.50. The lowest BCUT2D eigenvalue weighted by molar-refractivity contribution is -0.136. The Bertz CT molecular complexity index is 439. The van der Waals surface area contributed by atoms with E-state index in [4.69, 9.17) is 14.9 Å². The lowest BCUT2D eigenvalue weighted by atomic mass is 10.0. The van der Waals surface area contributed by atoms with Crippen LogP contribution >= 0.6 is 0 Å². The van der Waals surface area contributed by atoms with Gasteiger partial charge in [0, 0.05) is 6.42 Å². The smallest absolute Gasteiger partial charge is 0.338 e. The molecule has 0 radical (unpaired) electrons. The van der Waals surface area contributed by atoms with E-state index in [9.17, 15) is 9.59 Å². The average Bonchev–Trinajstić information content (AvgIpc) is 2.36. The maximum absolute atomic E-state index is 11.5. The second kappa shape index (κ2) is 6.76. The molecule has 98 valence electrons. The van der Waals surface area contributed by atoms with Gasteiger partial charge in [0.1, 0.15) is 0 Å². The maximum Gasteiger partial charge on any atom is 0.338 e. The van der Waals surface area contributed by atoms with Gasteiger partial charge >= 0.3 is 11.9 Å². The number of aliphatic hydroxyl groups excluding tert-OH is 1. The number of hydrogen-bond donors (Lipinski definition) is 2. The van der Waals surface area contributed by atoms with Crippen molar-refractivity contribution in [3.63, 3.8) is 0 Å². The summed E-state index contributed by atoms with van der Waals surface area (Å²) >= 11 is 0. The standard InChI is InChI=1S/C13H16O5/c1-2-18-13(17)10-3-4-11(8-14)9(7-10)5-6-12(15)16/h3-4,7,14H,2,5-6,8H2,1H3,(H,15,16). The third-order valence-corrected chi connectivity index (χ3v) is 2.50. The number of aliphatic carboxylic acids is 1. The van der Waals surface area contributed by atoms with Crippen LogP contribution in [0.2, 0.25) is 0 Å². The molecule has 5 nitrogen and oxygen atoms in total. The molecule has 0 bridgehead atoms. The lowest BCUT2D eigenvalue weighted by Crippen LogP contribution is -2.07. The summed E-state index contributed by atoms with van der Waals surface area (Å²) in [5.74, 6) is -1.36. The van der Waals surface area contributed by atoms with Crippen molar-refractivity contribution in [1.82, 2.24) is 0 Å². The first kappa shape index (κ1) is 14.2. The molecular formula is C13H16O5. The fourth-order valence-electron chi connectivity index (χ4n) is 1.60. The number of rotatable bonds is 6. The highest BCUT2D eigenvalue weighted by Crippen LogP contribution is 2.15. The van der Waals surface area contributed by atoms with Crippen molar-refractivity contribution >= 4 is 11.9 Å². The molecular weight excluding hydrogens is 236 g/mol. The van der Waals surface area contributed by atoms with E-state index < -0.39 is 11.9 Å². The van der Waals surface area contributed by atoms with Crippen LogP contribution in [0.3, 0.4) is 0 Å². The van der Waals surface area contributed by atoms with Crippen LogP contribution in [0.25, 0.3) is 0 Å². The SMILES string of the molecule is CCOC(=O)c1ccc(CO)c(CCC(=O)O)c1. The van der Waals surface area contributed by atoms with Crippen LogP contribution in [0.1, 0.15) is 34.8 Å². The van der Waals surface area contributed by atoms with E-state index in [2.05, 4.69) is 0 Å². The zero-order valence-electron chi connectivity index (χ0n) is 10.2. The molecule has 2 N–H and O–H groups in total. The van der Waals surface area contributed by atoms with Crippen LogP contribution in [-0.2, 0) is 22.6 Å². The van der Waals surface area contributed by atoms with E-state index >= 15 is 0 Å². The van der Waals surface area contributed by atoms with Crippen LogP contribution in [0.4, 0.5) is 0 Å². The first-order chi connectivity index (χ1) is 8.58. The fourth-order valence-corrected chi connectivity index (χ4v) is 1.60. The Hall–Kier alpha value is -1.88. The molecule has 0 atom stereocenters. The zero-order valence-corrected chi connectivity index (χ0v) is 10.2. The van der Waals surface area contributed by atoms with Crippen molar-refractivity contribution in [1.29, 1.82) is 0 Å². The number of carbonyl (C=O) groups excluding carboxylic acids is 1. The first-order valence-electron chi connectivity index (χ1n) is 5.70. The highest BCUT2D eigenvalue weighted by atomic mass is 16.5. The normalized spacial score (nSPS) is 10.1. The first-order valence-corrected chi connectivity index (χ1v) is 5.70. The summed E-state index contributed by atoms with van der Waals surface area (Å²) in [5, 5.41) is 17.8. The molecule has 18 heavy (non-hydrogen) atoms. The number of carboxylic acids is 1. The summed E-state index contributed by atoms with van der Waals surface area (Å²) in [6, 6.07) is 4.75. The van der Waals surface area contributed by atoms with E-state index in [0.29, 0.717) is 16.7 Å². The number of aryl methyl sites for hydroxylation is 1. The summed E-state index contributed by atoms with van der Waals surface area (Å²) < 4.78 is 4.86. The van der Waals surface area contributed by atoms with E-state index in [0.717, 1.165) is 0 Å². The Morgan fingerprint density at radius 3 is 2.56 bits per heavy atom. The van der Waals surface area contributed by atoms with Gasteiger partial charge in [-0.3, -0.25) is 4.79 Å². The van der Waals surface area contributed by atoms with Gasteiger partial charge in [0.05, 0.1) is 18.8 Å². The van der Waals surface area contributed by atoms with Crippen LogP contribution in [-0.4, -0.2) is 28.8 Å². The van der Waals surface area contributed by atoms with Crippen LogP contribution < -0.4 is 0 Å². The van der Waals surface area contributed by atoms with Gasteiger partial charge in [-0.05, 0) is 36.6 Å². The van der Waals surface area contributed by atoms with E-state index in [1.165, 1.54) is 0 Å². The number of carboxylic acid groups (broad SMARTS) is 1. The molecule has 1 aromatic rings. The molecule has 0 amide bonds. The van der Waals surface area contributed by atoms with Crippen LogP contribution in [0, 0.1) is 0 Å². The second-order valence-electron chi connectivity index (χ2n) is 3.76. The van der Waals surface area contributed by atoms with Gasteiger partial charge in [0.15, 0.2) is 0 Å². The number of carbonyl (C=O) groups is 2. The Morgan fingerprint density at radius 2 is 2.00 bits per heavy atom. The van der Waals surface area contributed by atoms with Crippen molar-refractivity contribution in [3.8, 4) is 0 Å². The van der Waals surface area contributed by atoms with E-state index in [1.807, 2.05) is 0 Å². The largest absolute Gasteiger partial charge is 0.481 e. The molecule has 0 aliphatic rings. The Kier molecular flexibility index (Phi) is 5.32. The minimum atomic E-state index is -0.916. The molecule has 0 heterocycles. The molecule has 0 spiro atoms. The molecule has 0 aliphatic heterocycles. The summed E-state index contributed by atoms with van der Waals surface area (Å²) in [6.45, 7) is 1.81. The van der Waals surface area contributed by atoms with Gasteiger partial charge in [0.2, 0.25) is 0 Å². The topological polar surface area (TPSA) is 83.8 Å². The van der Waals surface area contributed by atoms with Crippen molar-refractivity contribution in [3.05, 3.63) is 34.9 Å². The minimum absolute atomic E-state index is 0.0424. The van der Waals surface area contributed by atoms with Crippen molar-refractivity contribution in [2.75, 3.05) is 6.61 Å². The molecule has 0 aliphatic carbocycles. The molecule has 1 rings (SSSR count). The summed E-state index contributed by atoms with van der Waals surface area (Å²) in [5.41, 5.74) is 1.66. The van der Waals surface area contributed by atoms with E-state index in [-0.39, 0.29) is 26.1 Å². The molecule has 0 aromatic heterocycles. The molecule has 5 heteroatoms. The summed E-state index contributed by atoms with van der Waals surface area (Å²) in [4.78, 5) is 22.1. The molecule has 0 saturated heterocycles. The predicted molar refractivity (Wildman–Crippen MR) is 64.3 cm³/mol. The summed E-state index contributed by atoms with van der Waals surface area (Å²) in [7, 11) is 0. The number of esters is 1. The monoisotopic (exact) mass is 252 g/mol. The quantitative estimate of drug-likeness (QED) is 0.747. The highest BCUT2D eigenvalue weighted by Gasteiger charge is 2.11. The fraction of sp³-hybridized carbons (Fsp3) is 0.385. The van der Waals surface area contributed by atoms with Crippen molar-refractivity contribution in [2.45, 2.75) is 26.4 Å². The Labute approximate surface area is 105 Å². The Balaban J connectivity index is 2.93. The van der Waals surface area contributed by atoms with Gasteiger partial charge in [-0.1, -0.05) is 6.07 Å². The predicted octanol–water partition coefficient (Wildman–Crippen LogP) is 1.37. The van der Waals surface area contributed by atoms with Gasteiger partial charge in [-0.2, -0.15) is 0 Å². The van der Waals surface area contributed by atoms with Crippen molar-refractivity contribution < 1.29 is 24.5 Å². The highest BCUT2D eigenvalue weighted by molar-refractivity contribution is 5.89. The minimum Gasteiger partial charge on any atom is -0.481 e. The van der Waals surface area contributed by atoms with Gasteiger partial charge in [0.25, 0.3) is 0 Å². The number of benzene rings is 1. The Morgan fingerprint density at radius 1 is 1.28 bits per heavy atom. The number of hydrogen-bond acceptors (Lipinski definition) is 4. The third kappa shape index (κ3) is 3.85. The van der Waals surface area contributed by atoms with Gasteiger partial charge in [-0.25, -0.2) is 4.79 Å². The number of aliphatic hydroxyl groups is 1. The van der Waals surface area contributed by atoms with E-state index in [1.54, 1.807) is 25.1 Å². The maximum atomic E-state index is 11.5. The second-order valence-corrected chi connectivity index (χ2v) is 3.76.